The number of alkyl halides is 3. The van der Waals surface area contributed by atoms with Crippen molar-refractivity contribution in [3.05, 3.63) is 71.3 Å². The number of halogens is 3. The predicted molar refractivity (Wildman–Crippen MR) is 92.9 cm³/mol. The van der Waals surface area contributed by atoms with E-state index in [9.17, 15) is 23.1 Å². The molecule has 0 unspecified atom stereocenters. The van der Waals surface area contributed by atoms with E-state index in [1.54, 1.807) is 4.90 Å². The third kappa shape index (κ3) is 4.48. The van der Waals surface area contributed by atoms with Gasteiger partial charge in [-0.25, -0.2) is 0 Å². The fourth-order valence-corrected chi connectivity index (χ4v) is 3.34. The zero-order chi connectivity index (χ0) is 19.4. The lowest BCUT2D eigenvalue weighted by Gasteiger charge is -2.41. The topological polar surface area (TPSA) is 49.8 Å². The van der Waals surface area contributed by atoms with Crippen molar-refractivity contribution in [1.29, 1.82) is 0 Å². The normalized spacial score (nSPS) is 20.5. The molecule has 3 rings (SSSR count). The molecule has 1 aliphatic heterocycles. The molecule has 4 nitrogen and oxygen atoms in total. The second-order valence-corrected chi connectivity index (χ2v) is 6.41. The van der Waals surface area contributed by atoms with Gasteiger partial charge < -0.3 is 14.7 Å². The smallest absolute Gasteiger partial charge is 0.394 e. The van der Waals surface area contributed by atoms with Crippen molar-refractivity contribution < 1.29 is 27.8 Å². The van der Waals surface area contributed by atoms with Crippen LogP contribution in [0.3, 0.4) is 0 Å². The van der Waals surface area contributed by atoms with E-state index in [1.807, 2.05) is 30.3 Å². The van der Waals surface area contributed by atoms with Crippen molar-refractivity contribution in [1.82, 2.24) is 4.90 Å². The number of rotatable bonds is 4. The quantitative estimate of drug-likeness (QED) is 0.888. The number of amides is 1. The predicted octanol–water partition coefficient (Wildman–Crippen LogP) is 3.21. The standard InChI is InChI=1S/C20H20F3NO3/c21-20(22,23)16-8-4-5-14(11-16)12-18(26)24-9-10-27-17(13-25)19(24)15-6-2-1-3-7-15/h1-8,11,17,19,25H,9-10,12-13H2/t17-,19-/m0/s1. The van der Waals surface area contributed by atoms with Gasteiger partial charge in [0.1, 0.15) is 6.10 Å². The highest BCUT2D eigenvalue weighted by molar-refractivity contribution is 5.79. The molecule has 2 aromatic carbocycles. The van der Waals surface area contributed by atoms with Crippen molar-refractivity contribution in [2.75, 3.05) is 19.8 Å². The van der Waals surface area contributed by atoms with Gasteiger partial charge >= 0.3 is 6.18 Å². The number of benzene rings is 2. The lowest BCUT2D eigenvalue weighted by molar-refractivity contribution is -0.149. The van der Waals surface area contributed by atoms with Crippen LogP contribution in [0, 0.1) is 0 Å². The third-order valence-electron chi connectivity index (χ3n) is 4.60. The lowest BCUT2D eigenvalue weighted by atomic mass is 9.97. The summed E-state index contributed by atoms with van der Waals surface area (Å²) < 4.78 is 44.3. The summed E-state index contributed by atoms with van der Waals surface area (Å²) in [5, 5.41) is 9.65. The number of aliphatic hydroxyl groups is 1. The van der Waals surface area contributed by atoms with E-state index in [0.29, 0.717) is 12.1 Å². The van der Waals surface area contributed by atoms with Crippen LogP contribution in [0.5, 0.6) is 0 Å². The minimum atomic E-state index is -4.45. The Bertz CT molecular complexity index is 780. The van der Waals surface area contributed by atoms with Crippen molar-refractivity contribution >= 4 is 5.91 Å². The fourth-order valence-electron chi connectivity index (χ4n) is 3.34. The Labute approximate surface area is 155 Å². The van der Waals surface area contributed by atoms with Crippen LogP contribution in [-0.4, -0.2) is 41.8 Å². The molecule has 0 aromatic heterocycles. The number of nitrogens with zero attached hydrogens (tertiary/aromatic N) is 1. The van der Waals surface area contributed by atoms with Gasteiger partial charge in [0, 0.05) is 6.54 Å². The van der Waals surface area contributed by atoms with Crippen LogP contribution in [0.25, 0.3) is 0 Å². The summed E-state index contributed by atoms with van der Waals surface area (Å²) in [6, 6.07) is 13.5. The van der Waals surface area contributed by atoms with Gasteiger partial charge in [0.15, 0.2) is 0 Å². The van der Waals surface area contributed by atoms with Crippen molar-refractivity contribution in [3.63, 3.8) is 0 Å². The number of aliphatic hydroxyl groups excluding tert-OH is 1. The van der Waals surface area contributed by atoms with Crippen LogP contribution < -0.4 is 0 Å². The number of carbonyl (C=O) groups is 1. The first-order valence-electron chi connectivity index (χ1n) is 8.63. The lowest BCUT2D eigenvalue weighted by Crippen LogP contribution is -2.49. The van der Waals surface area contributed by atoms with Gasteiger partial charge in [-0.05, 0) is 17.2 Å². The Morgan fingerprint density at radius 2 is 1.89 bits per heavy atom. The second kappa shape index (κ2) is 8.10. The van der Waals surface area contributed by atoms with E-state index in [4.69, 9.17) is 4.74 Å². The summed E-state index contributed by atoms with van der Waals surface area (Å²) in [7, 11) is 0. The van der Waals surface area contributed by atoms with Gasteiger partial charge in [-0.15, -0.1) is 0 Å². The molecule has 27 heavy (non-hydrogen) atoms. The molecule has 2 aromatic rings. The molecule has 1 saturated heterocycles. The number of hydrogen-bond acceptors (Lipinski definition) is 3. The SMILES string of the molecule is O=C(Cc1cccc(C(F)(F)F)c1)N1CCO[C@@H](CO)[C@@H]1c1ccccc1. The molecule has 7 heteroatoms. The fraction of sp³-hybridized carbons (Fsp3) is 0.350. The van der Waals surface area contributed by atoms with Gasteiger partial charge in [0.2, 0.25) is 5.91 Å². The molecule has 0 spiro atoms. The van der Waals surface area contributed by atoms with Crippen molar-refractivity contribution in [3.8, 4) is 0 Å². The van der Waals surface area contributed by atoms with Crippen LogP contribution in [0.1, 0.15) is 22.7 Å². The molecule has 2 atom stereocenters. The molecular formula is C20H20F3NO3. The van der Waals surface area contributed by atoms with E-state index < -0.39 is 23.9 Å². The van der Waals surface area contributed by atoms with Crippen LogP contribution in [0.2, 0.25) is 0 Å². The molecule has 1 heterocycles. The number of morpholine rings is 1. The Hall–Kier alpha value is -2.38. The molecule has 144 valence electrons. The third-order valence-corrected chi connectivity index (χ3v) is 4.60. The van der Waals surface area contributed by atoms with E-state index in [0.717, 1.165) is 17.7 Å². The average Bonchev–Trinajstić information content (AvgIpc) is 2.67. The summed E-state index contributed by atoms with van der Waals surface area (Å²) in [5.74, 6) is -0.301. The molecular weight excluding hydrogens is 359 g/mol. The molecule has 1 amide bonds. The van der Waals surface area contributed by atoms with Crippen LogP contribution in [-0.2, 0) is 22.1 Å². The summed E-state index contributed by atoms with van der Waals surface area (Å²) in [6.07, 6.45) is -5.18. The maximum Gasteiger partial charge on any atom is 0.416 e. The molecule has 0 saturated carbocycles. The number of ether oxygens (including phenoxy) is 1. The average molecular weight is 379 g/mol. The molecule has 1 N–H and O–H groups in total. The molecule has 1 aliphatic rings. The zero-order valence-electron chi connectivity index (χ0n) is 14.5. The Kier molecular flexibility index (Phi) is 5.82. The van der Waals surface area contributed by atoms with Gasteiger partial charge in [-0.2, -0.15) is 13.2 Å². The molecule has 0 aliphatic carbocycles. The first-order chi connectivity index (χ1) is 12.9. The van der Waals surface area contributed by atoms with E-state index >= 15 is 0 Å². The van der Waals surface area contributed by atoms with Gasteiger partial charge in [-0.1, -0.05) is 48.5 Å². The van der Waals surface area contributed by atoms with Crippen molar-refractivity contribution in [2.45, 2.75) is 24.7 Å². The first kappa shape index (κ1) is 19.4. The van der Waals surface area contributed by atoms with Crippen molar-refractivity contribution in [2.24, 2.45) is 0 Å². The highest BCUT2D eigenvalue weighted by Crippen LogP contribution is 2.32. The Morgan fingerprint density at radius 1 is 1.15 bits per heavy atom. The maximum absolute atomic E-state index is 12.9. The largest absolute Gasteiger partial charge is 0.416 e. The minimum absolute atomic E-state index is 0.147. The second-order valence-electron chi connectivity index (χ2n) is 6.41. The van der Waals surface area contributed by atoms with Crippen LogP contribution in [0.4, 0.5) is 13.2 Å². The number of hydrogen-bond donors (Lipinski definition) is 1. The highest BCUT2D eigenvalue weighted by Gasteiger charge is 2.36. The summed E-state index contributed by atoms with van der Waals surface area (Å²) >= 11 is 0. The summed E-state index contributed by atoms with van der Waals surface area (Å²) in [4.78, 5) is 14.5. The van der Waals surface area contributed by atoms with Gasteiger partial charge in [0.25, 0.3) is 0 Å². The van der Waals surface area contributed by atoms with E-state index in [-0.39, 0.29) is 25.5 Å². The maximum atomic E-state index is 12.9. The Morgan fingerprint density at radius 3 is 2.56 bits per heavy atom. The summed E-state index contributed by atoms with van der Waals surface area (Å²) in [5.41, 5.74) is 0.338. The van der Waals surface area contributed by atoms with Gasteiger partial charge in [-0.3, -0.25) is 4.79 Å². The van der Waals surface area contributed by atoms with Crippen LogP contribution in [0.15, 0.2) is 54.6 Å². The van der Waals surface area contributed by atoms with Gasteiger partial charge in [0.05, 0.1) is 31.2 Å². The first-order valence-corrected chi connectivity index (χ1v) is 8.63. The van der Waals surface area contributed by atoms with E-state index in [2.05, 4.69) is 0 Å². The number of carbonyl (C=O) groups excluding carboxylic acids is 1. The zero-order valence-corrected chi connectivity index (χ0v) is 14.5. The minimum Gasteiger partial charge on any atom is -0.394 e. The Balaban J connectivity index is 1.84. The monoisotopic (exact) mass is 379 g/mol. The molecule has 0 radical (unpaired) electrons. The molecule has 1 fully saturated rings. The van der Waals surface area contributed by atoms with Crippen LogP contribution >= 0.6 is 0 Å². The highest BCUT2D eigenvalue weighted by atomic mass is 19.4. The summed E-state index contributed by atoms with van der Waals surface area (Å²) in [6.45, 7) is 0.323. The molecule has 0 bridgehead atoms. The van der Waals surface area contributed by atoms with E-state index in [1.165, 1.54) is 12.1 Å².